The fourth-order valence-corrected chi connectivity index (χ4v) is 3.33. The highest BCUT2D eigenvalue weighted by molar-refractivity contribution is 7.99. The van der Waals surface area contributed by atoms with Gasteiger partial charge in [0.25, 0.3) is 11.1 Å². The summed E-state index contributed by atoms with van der Waals surface area (Å²) in [7, 11) is 0. The molecule has 3 aromatic carbocycles. The quantitative estimate of drug-likeness (QED) is 0.257. The second-order valence-electron chi connectivity index (χ2n) is 6.34. The van der Waals surface area contributed by atoms with Crippen LogP contribution in [0.25, 0.3) is 11.1 Å². The molecule has 6 nitrogen and oxygen atoms in total. The maximum atomic E-state index is 12.1. The molecule has 0 aliphatic heterocycles. The Hall–Kier alpha value is -3.58. The maximum Gasteiger partial charge on any atom is 0.257 e. The van der Waals surface area contributed by atoms with Crippen LogP contribution in [0.3, 0.4) is 0 Å². The Morgan fingerprint density at radius 3 is 2.67 bits per heavy atom. The van der Waals surface area contributed by atoms with Crippen molar-refractivity contribution in [3.05, 3.63) is 90.0 Å². The van der Waals surface area contributed by atoms with Gasteiger partial charge in [0.1, 0.15) is 17.9 Å². The van der Waals surface area contributed by atoms with E-state index in [0.717, 1.165) is 16.6 Å². The third-order valence-electron chi connectivity index (χ3n) is 4.15. The third-order valence-corrected chi connectivity index (χ3v) is 4.98. The fourth-order valence-electron chi connectivity index (χ4n) is 2.70. The lowest BCUT2D eigenvalue weighted by atomic mass is 10.2. The molecule has 0 aliphatic rings. The highest BCUT2D eigenvalue weighted by Gasteiger charge is 2.08. The predicted molar refractivity (Wildman–Crippen MR) is 118 cm³/mol. The monoisotopic (exact) mass is 417 g/mol. The molecule has 0 saturated heterocycles. The number of carbonyl (C=O) groups is 1. The molecule has 30 heavy (non-hydrogen) atoms. The minimum Gasteiger partial charge on any atom is -0.488 e. The summed E-state index contributed by atoms with van der Waals surface area (Å²) in [5.41, 5.74) is 5.85. The van der Waals surface area contributed by atoms with E-state index < -0.39 is 0 Å². The number of oxazole rings is 1. The molecular weight excluding hydrogens is 398 g/mol. The van der Waals surface area contributed by atoms with Crippen molar-refractivity contribution in [1.29, 1.82) is 0 Å². The van der Waals surface area contributed by atoms with Gasteiger partial charge in [-0.1, -0.05) is 66.4 Å². The summed E-state index contributed by atoms with van der Waals surface area (Å²) >= 11 is 1.22. The van der Waals surface area contributed by atoms with Crippen molar-refractivity contribution in [1.82, 2.24) is 10.4 Å². The van der Waals surface area contributed by atoms with Crippen molar-refractivity contribution in [3.8, 4) is 5.75 Å². The molecule has 0 aliphatic carbocycles. The van der Waals surface area contributed by atoms with Gasteiger partial charge in [-0.05, 0) is 29.8 Å². The number of nitrogens with one attached hydrogen (secondary N) is 1. The van der Waals surface area contributed by atoms with Crippen molar-refractivity contribution in [2.24, 2.45) is 5.10 Å². The average Bonchev–Trinajstić information content (AvgIpc) is 3.21. The molecule has 0 radical (unpaired) electrons. The van der Waals surface area contributed by atoms with Gasteiger partial charge in [0.2, 0.25) is 0 Å². The van der Waals surface area contributed by atoms with Crippen LogP contribution < -0.4 is 10.2 Å². The minimum atomic E-state index is -0.249. The number of amides is 1. The molecule has 7 heteroatoms. The number of carbonyl (C=O) groups excluding carboxylic acids is 1. The Balaban J connectivity index is 1.30. The van der Waals surface area contributed by atoms with E-state index in [2.05, 4.69) is 15.5 Å². The topological polar surface area (TPSA) is 76.7 Å². The van der Waals surface area contributed by atoms with Crippen LogP contribution in [0.4, 0.5) is 0 Å². The molecular formula is C23H19N3O3S. The molecule has 0 spiro atoms. The van der Waals surface area contributed by atoms with Gasteiger partial charge in [0.15, 0.2) is 5.58 Å². The van der Waals surface area contributed by atoms with Crippen molar-refractivity contribution in [2.45, 2.75) is 11.8 Å². The minimum absolute atomic E-state index is 0.149. The molecule has 1 N–H and O–H groups in total. The SMILES string of the molecule is O=C(CSc1nc2ccccc2o1)N/N=C\c1ccccc1OCc1ccccc1. The fraction of sp³-hybridized carbons (Fsp3) is 0.0870. The zero-order valence-corrected chi connectivity index (χ0v) is 16.8. The van der Waals surface area contributed by atoms with E-state index in [9.17, 15) is 4.79 Å². The molecule has 0 unspecified atom stereocenters. The molecule has 4 rings (SSSR count). The van der Waals surface area contributed by atoms with Crippen LogP contribution >= 0.6 is 11.8 Å². The van der Waals surface area contributed by atoms with E-state index in [4.69, 9.17) is 9.15 Å². The molecule has 150 valence electrons. The number of hydrogen-bond donors (Lipinski definition) is 1. The molecule has 1 amide bonds. The van der Waals surface area contributed by atoms with Gasteiger partial charge in [-0.3, -0.25) is 4.79 Å². The summed E-state index contributed by atoms with van der Waals surface area (Å²) in [5.74, 6) is 0.595. The number of nitrogens with zero attached hydrogens (tertiary/aromatic N) is 2. The smallest absolute Gasteiger partial charge is 0.257 e. The number of para-hydroxylation sites is 3. The zero-order valence-electron chi connectivity index (χ0n) is 16.0. The number of hydrogen-bond acceptors (Lipinski definition) is 6. The highest BCUT2D eigenvalue weighted by atomic mass is 32.2. The van der Waals surface area contributed by atoms with Gasteiger partial charge < -0.3 is 9.15 Å². The van der Waals surface area contributed by atoms with Crippen molar-refractivity contribution in [3.63, 3.8) is 0 Å². The Morgan fingerprint density at radius 2 is 1.80 bits per heavy atom. The highest BCUT2D eigenvalue weighted by Crippen LogP contribution is 2.23. The number of fused-ring (bicyclic) bond motifs is 1. The van der Waals surface area contributed by atoms with Crippen LogP contribution in [0.15, 0.2) is 93.6 Å². The van der Waals surface area contributed by atoms with Gasteiger partial charge in [0.05, 0.1) is 12.0 Å². The molecule has 1 aromatic heterocycles. The van der Waals surface area contributed by atoms with E-state index in [-0.39, 0.29) is 11.7 Å². The van der Waals surface area contributed by atoms with Gasteiger partial charge in [-0.15, -0.1) is 0 Å². The number of thioether (sulfide) groups is 1. The standard InChI is InChI=1S/C23H19N3O3S/c27-22(16-30-23-25-19-11-5-7-13-21(19)29-23)26-24-14-18-10-4-6-12-20(18)28-15-17-8-2-1-3-9-17/h1-14H,15-16H2,(H,26,27)/b24-14-. The Bertz CT molecular complexity index is 1130. The van der Waals surface area contributed by atoms with Crippen LogP contribution in [0.5, 0.6) is 5.75 Å². The van der Waals surface area contributed by atoms with Gasteiger partial charge in [0, 0.05) is 5.56 Å². The summed E-state index contributed by atoms with van der Waals surface area (Å²) in [6.07, 6.45) is 1.57. The first-order valence-electron chi connectivity index (χ1n) is 9.34. The van der Waals surface area contributed by atoms with Crippen LogP contribution in [-0.4, -0.2) is 22.9 Å². The molecule has 0 bridgehead atoms. The Kier molecular flexibility index (Phi) is 6.41. The normalized spacial score (nSPS) is 11.1. The van der Waals surface area contributed by atoms with Crippen LogP contribution in [0.2, 0.25) is 0 Å². The van der Waals surface area contributed by atoms with Gasteiger partial charge >= 0.3 is 0 Å². The predicted octanol–water partition coefficient (Wildman–Crippen LogP) is 4.65. The van der Waals surface area contributed by atoms with Crippen LogP contribution in [0.1, 0.15) is 11.1 Å². The van der Waals surface area contributed by atoms with E-state index >= 15 is 0 Å². The largest absolute Gasteiger partial charge is 0.488 e. The van der Waals surface area contributed by atoms with E-state index in [1.807, 2.05) is 78.9 Å². The average molecular weight is 417 g/mol. The molecule has 0 saturated carbocycles. The second kappa shape index (κ2) is 9.76. The summed E-state index contributed by atoms with van der Waals surface area (Å²) < 4.78 is 11.5. The Labute approximate surface area is 178 Å². The van der Waals surface area contributed by atoms with E-state index in [1.54, 1.807) is 6.21 Å². The first kappa shape index (κ1) is 19.7. The number of hydrazone groups is 1. The first-order valence-corrected chi connectivity index (χ1v) is 10.3. The maximum absolute atomic E-state index is 12.1. The lowest BCUT2D eigenvalue weighted by Gasteiger charge is -2.08. The number of ether oxygens (including phenoxy) is 1. The molecule has 4 aromatic rings. The lowest BCUT2D eigenvalue weighted by Crippen LogP contribution is -2.19. The summed E-state index contributed by atoms with van der Waals surface area (Å²) in [6.45, 7) is 0.458. The number of rotatable bonds is 8. The summed E-state index contributed by atoms with van der Waals surface area (Å²) in [5, 5.41) is 4.50. The van der Waals surface area contributed by atoms with Crippen molar-refractivity contribution < 1.29 is 13.9 Å². The first-order chi connectivity index (χ1) is 14.8. The molecule has 0 atom stereocenters. The second-order valence-corrected chi connectivity index (χ2v) is 7.27. The van der Waals surface area contributed by atoms with E-state index in [0.29, 0.717) is 23.2 Å². The number of benzene rings is 3. The zero-order chi connectivity index (χ0) is 20.6. The number of aromatic nitrogens is 1. The molecule has 1 heterocycles. The van der Waals surface area contributed by atoms with Gasteiger partial charge in [-0.2, -0.15) is 5.10 Å². The van der Waals surface area contributed by atoms with Gasteiger partial charge in [-0.25, -0.2) is 10.4 Å². The van der Waals surface area contributed by atoms with Crippen molar-refractivity contribution >= 4 is 35.0 Å². The Morgan fingerprint density at radius 1 is 1.03 bits per heavy atom. The van der Waals surface area contributed by atoms with Crippen LogP contribution in [-0.2, 0) is 11.4 Å². The van der Waals surface area contributed by atoms with E-state index in [1.165, 1.54) is 11.8 Å². The third kappa shape index (κ3) is 5.27. The van der Waals surface area contributed by atoms with Crippen molar-refractivity contribution in [2.75, 3.05) is 5.75 Å². The summed E-state index contributed by atoms with van der Waals surface area (Å²) in [6, 6.07) is 24.9. The van der Waals surface area contributed by atoms with Crippen LogP contribution in [0, 0.1) is 0 Å². The lowest BCUT2D eigenvalue weighted by molar-refractivity contribution is -0.118. The summed E-state index contributed by atoms with van der Waals surface area (Å²) in [4.78, 5) is 16.4. The molecule has 0 fully saturated rings.